The lowest BCUT2D eigenvalue weighted by Gasteiger charge is -2.30. The second-order valence-corrected chi connectivity index (χ2v) is 9.61. The largest absolute Gasteiger partial charge is 0.485 e. The van der Waals surface area contributed by atoms with Crippen LogP contribution in [-0.2, 0) is 23.3 Å². The quantitative estimate of drug-likeness (QED) is 0.533. The van der Waals surface area contributed by atoms with Crippen LogP contribution in [0.1, 0.15) is 33.7 Å². The van der Waals surface area contributed by atoms with Crippen LogP contribution in [-0.4, -0.2) is 50.0 Å². The summed E-state index contributed by atoms with van der Waals surface area (Å²) in [5, 5.41) is 13.9. The number of aliphatic hydroxyl groups is 1. The third-order valence-electron chi connectivity index (χ3n) is 6.02. The van der Waals surface area contributed by atoms with Crippen LogP contribution in [0, 0.1) is 17.6 Å². The maximum Gasteiger partial charge on any atom is 0.277 e. The fourth-order valence-electron chi connectivity index (χ4n) is 4.13. The highest BCUT2D eigenvalue weighted by Crippen LogP contribution is 2.33. The van der Waals surface area contributed by atoms with E-state index in [1.54, 1.807) is 0 Å². The van der Waals surface area contributed by atoms with E-state index in [4.69, 9.17) is 23.8 Å². The predicted molar refractivity (Wildman–Crippen MR) is 132 cm³/mol. The number of allylic oxidation sites excluding steroid dienone is 1. The Hall–Kier alpha value is -3.48. The molecule has 0 radical (unpaired) electrons. The molecule has 0 amide bonds. The van der Waals surface area contributed by atoms with Gasteiger partial charge in [-0.3, -0.25) is 19.3 Å². The average molecular weight is 552 g/mol. The van der Waals surface area contributed by atoms with Crippen molar-refractivity contribution in [1.29, 1.82) is 0 Å². The van der Waals surface area contributed by atoms with Crippen molar-refractivity contribution in [2.24, 2.45) is 10.9 Å². The van der Waals surface area contributed by atoms with Crippen LogP contribution in [0.5, 0.6) is 5.75 Å². The molecule has 2 aliphatic heterocycles. The van der Waals surface area contributed by atoms with E-state index in [0.717, 1.165) is 9.25 Å². The van der Waals surface area contributed by atoms with Crippen molar-refractivity contribution < 1.29 is 30.5 Å². The molecule has 200 valence electrons. The first-order valence-electron chi connectivity index (χ1n) is 12.5. The zero-order chi connectivity index (χ0) is 29.0. The minimum absolute atomic E-state index is 0.0512. The van der Waals surface area contributed by atoms with Gasteiger partial charge in [0.05, 0.1) is 40.1 Å². The average Bonchev–Trinajstić information content (AvgIpc) is 3.35. The molecule has 2 aliphatic rings. The third kappa shape index (κ3) is 4.86. The van der Waals surface area contributed by atoms with E-state index >= 15 is 4.39 Å². The van der Waals surface area contributed by atoms with E-state index < -0.39 is 57.6 Å². The summed E-state index contributed by atoms with van der Waals surface area (Å²) in [6, 6.07) is 3.20. The van der Waals surface area contributed by atoms with Gasteiger partial charge in [-0.15, -0.1) is 0 Å². The van der Waals surface area contributed by atoms with E-state index in [2.05, 4.69) is 15.1 Å². The topological polar surface area (TPSA) is 104 Å². The smallest absolute Gasteiger partial charge is 0.277 e. The Bertz CT molecular complexity index is 1620. The highest BCUT2D eigenvalue weighted by Gasteiger charge is 2.34. The van der Waals surface area contributed by atoms with Crippen molar-refractivity contribution in [3.63, 3.8) is 0 Å². The molecule has 0 bridgehead atoms. The van der Waals surface area contributed by atoms with Crippen LogP contribution in [0.15, 0.2) is 46.2 Å². The molecule has 38 heavy (non-hydrogen) atoms. The van der Waals surface area contributed by atoms with Gasteiger partial charge in [-0.1, -0.05) is 11.6 Å². The zero-order valence-corrected chi connectivity index (χ0v) is 21.0. The molecule has 0 saturated heterocycles. The van der Waals surface area contributed by atoms with Gasteiger partial charge in [0.2, 0.25) is 0 Å². The first-order chi connectivity index (χ1) is 18.8. The van der Waals surface area contributed by atoms with Crippen LogP contribution < -0.4 is 10.3 Å². The minimum atomic E-state index is -2.94. The number of halogens is 4. The summed E-state index contributed by atoms with van der Waals surface area (Å²) in [4.78, 5) is 21.3. The van der Waals surface area contributed by atoms with Gasteiger partial charge >= 0.3 is 0 Å². The highest BCUT2D eigenvalue weighted by molar-refractivity contribution is 6.31. The Kier molecular flexibility index (Phi) is 6.22. The second-order valence-electron chi connectivity index (χ2n) is 9.23. The SMILES string of the molecule is [2H]C([2H])(Oc1cc2n(c(=O)c1Cl)C1=C(F)C(n3ccc(C(C)(C)O)n3)=NC[C@@H]1COCC2)c1ncc(F)cc1F. The van der Waals surface area contributed by atoms with Gasteiger partial charge in [0.25, 0.3) is 5.56 Å². The predicted octanol–water partition coefficient (Wildman–Crippen LogP) is 3.47. The van der Waals surface area contributed by atoms with Crippen molar-refractivity contribution in [2.75, 3.05) is 19.8 Å². The molecule has 13 heteroatoms. The first-order valence-corrected chi connectivity index (χ1v) is 11.9. The summed E-state index contributed by atoms with van der Waals surface area (Å²) in [7, 11) is 0. The van der Waals surface area contributed by atoms with Gasteiger partial charge in [0.15, 0.2) is 17.5 Å². The molecule has 9 nitrogen and oxygen atoms in total. The molecule has 0 fully saturated rings. The Morgan fingerprint density at radius 1 is 1.34 bits per heavy atom. The molecule has 3 aromatic heterocycles. The van der Waals surface area contributed by atoms with Gasteiger partial charge in [-0.25, -0.2) is 17.9 Å². The van der Waals surface area contributed by atoms with Crippen LogP contribution >= 0.6 is 11.6 Å². The number of dihydropyridines is 1. The number of aromatic nitrogens is 4. The van der Waals surface area contributed by atoms with Crippen molar-refractivity contribution in [1.82, 2.24) is 19.3 Å². The number of fused-ring (bicyclic) bond motifs is 3. The molecular formula is C25H23ClF3N5O4. The Labute approximate surface area is 222 Å². The van der Waals surface area contributed by atoms with Crippen molar-refractivity contribution in [2.45, 2.75) is 32.4 Å². The fraction of sp³-hybridized carbons (Fsp3) is 0.360. The summed E-state index contributed by atoms with van der Waals surface area (Å²) in [6.07, 6.45) is 2.15. The molecule has 1 atom stereocenters. The number of aliphatic imine (C=N–C) groups is 1. The summed E-state index contributed by atoms with van der Waals surface area (Å²) in [5.74, 6) is -4.48. The number of nitrogens with zero attached hydrogens (tertiary/aromatic N) is 5. The molecule has 0 aliphatic carbocycles. The Morgan fingerprint density at radius 2 is 2.13 bits per heavy atom. The van der Waals surface area contributed by atoms with Crippen molar-refractivity contribution in [3.8, 4) is 5.75 Å². The molecule has 0 spiro atoms. The number of hydrogen-bond acceptors (Lipinski definition) is 7. The summed E-state index contributed by atoms with van der Waals surface area (Å²) >= 11 is 6.32. The maximum absolute atomic E-state index is 16.1. The first kappa shape index (κ1) is 23.6. The summed E-state index contributed by atoms with van der Waals surface area (Å²) < 4.78 is 73.2. The molecule has 5 rings (SSSR count). The van der Waals surface area contributed by atoms with Gasteiger partial charge in [0.1, 0.15) is 34.4 Å². The number of rotatable bonds is 4. The lowest BCUT2D eigenvalue weighted by Crippen LogP contribution is -2.36. The van der Waals surface area contributed by atoms with Crippen molar-refractivity contribution in [3.05, 3.63) is 80.5 Å². The lowest BCUT2D eigenvalue weighted by atomic mass is 10.0. The maximum atomic E-state index is 16.1. The molecule has 0 unspecified atom stereocenters. The lowest BCUT2D eigenvalue weighted by molar-refractivity contribution is 0.0735. The molecule has 0 aromatic carbocycles. The minimum Gasteiger partial charge on any atom is -0.485 e. The van der Waals surface area contributed by atoms with Gasteiger partial charge < -0.3 is 14.6 Å². The second kappa shape index (κ2) is 10.0. The fourth-order valence-corrected chi connectivity index (χ4v) is 4.31. The van der Waals surface area contributed by atoms with Crippen LogP contribution in [0.3, 0.4) is 0 Å². The van der Waals surface area contributed by atoms with E-state index in [-0.39, 0.29) is 49.1 Å². The van der Waals surface area contributed by atoms with E-state index in [1.807, 2.05) is 0 Å². The monoisotopic (exact) mass is 551 g/mol. The van der Waals surface area contributed by atoms with Crippen LogP contribution in [0.25, 0.3) is 5.70 Å². The summed E-state index contributed by atoms with van der Waals surface area (Å²) in [5.41, 5.74) is -2.67. The van der Waals surface area contributed by atoms with Gasteiger partial charge in [0, 0.05) is 36.4 Å². The Balaban J connectivity index is 1.60. The number of pyridine rings is 2. The molecule has 3 aromatic rings. The molecular weight excluding hydrogens is 527 g/mol. The molecule has 0 saturated carbocycles. The highest BCUT2D eigenvalue weighted by atomic mass is 35.5. The number of hydrogen-bond donors (Lipinski definition) is 1. The Morgan fingerprint density at radius 3 is 2.84 bits per heavy atom. The standard InChI is InChI=1S/C25H23ClF3N5O4/c1-25(2,36)19-3-5-33(32-19)23-21(29)22-13(9-31-23)11-37-6-4-15-8-18(20(26)24(35)34(15)22)38-12-17-16(28)7-14(27)10-30-17/h3,5,7-8,10,13,36H,4,6,9,11-12H2,1-2H3/t13-/m1/s1/i12D2. The van der Waals surface area contributed by atoms with E-state index in [9.17, 15) is 18.7 Å². The van der Waals surface area contributed by atoms with Crippen molar-refractivity contribution >= 4 is 23.1 Å². The van der Waals surface area contributed by atoms with Gasteiger partial charge in [-0.2, -0.15) is 5.10 Å². The van der Waals surface area contributed by atoms with Crippen LogP contribution in [0.4, 0.5) is 13.2 Å². The normalized spacial score (nSPS) is 19.0. The van der Waals surface area contributed by atoms with Gasteiger partial charge in [-0.05, 0) is 19.9 Å². The molecule has 1 N–H and O–H groups in total. The number of ether oxygens (including phenoxy) is 2. The zero-order valence-electron chi connectivity index (χ0n) is 22.2. The summed E-state index contributed by atoms with van der Waals surface area (Å²) in [6.45, 7) is 0.362. The van der Waals surface area contributed by atoms with E-state index in [0.29, 0.717) is 12.3 Å². The van der Waals surface area contributed by atoms with E-state index in [1.165, 1.54) is 32.2 Å². The molecule has 5 heterocycles. The van der Waals surface area contributed by atoms with Crippen LogP contribution in [0.2, 0.25) is 5.02 Å². The third-order valence-corrected chi connectivity index (χ3v) is 6.37.